The molecule has 0 saturated carbocycles. The Morgan fingerprint density at radius 3 is 1.00 bits per heavy atom. The molecular formula is H8AlGaMgO. The first-order valence-corrected chi connectivity index (χ1v) is 0. The molecule has 4 heavy (non-hydrogen) atoms. The molecule has 0 atom stereocenters. The topological polar surface area (TPSA) is 30.0 Å². The minimum absolute atomic E-state index is 0. The normalized spacial score (nSPS) is 0. The Morgan fingerprint density at radius 1 is 1.00 bits per heavy atom. The van der Waals surface area contributed by atoms with Crippen LogP contribution in [0.5, 0.6) is 0 Å². The van der Waals surface area contributed by atoms with Gasteiger partial charge >= 0.3 is 42.8 Å². The van der Waals surface area contributed by atoms with E-state index in [4.69, 9.17) is 0 Å². The largest absolute Gasteiger partial charge is 0.870 e. The van der Waals surface area contributed by atoms with Crippen molar-refractivity contribution in [2.24, 2.45) is 0 Å². The van der Waals surface area contributed by atoms with Gasteiger partial charge in [-0.1, -0.05) is 0 Å². The Bertz CT molecular complexity index is 8.00. The number of rotatable bonds is 0. The van der Waals surface area contributed by atoms with Crippen molar-refractivity contribution in [2.75, 3.05) is 0 Å². The van der Waals surface area contributed by atoms with Crippen LogP contribution in [0.25, 0.3) is 0 Å². The van der Waals surface area contributed by atoms with Crippen molar-refractivity contribution in [2.45, 2.75) is 0 Å². The summed E-state index contributed by atoms with van der Waals surface area (Å²) in [5, 5.41) is 0. The molecule has 0 aromatic carbocycles. The molecule has 0 amide bonds. The molecule has 0 heterocycles. The van der Waals surface area contributed by atoms with Gasteiger partial charge in [-0.3, -0.25) is 0 Å². The van der Waals surface area contributed by atoms with Crippen molar-refractivity contribution in [3.05, 3.63) is 0 Å². The molecule has 0 aliphatic rings. The fraction of sp³-hybridized carbons (Fsp3) is 0. The predicted octanol–water partition coefficient (Wildman–Crippen LogP) is -3.19. The molecule has 0 saturated heterocycles. The second kappa shape index (κ2) is 20.7. The van der Waals surface area contributed by atoms with Gasteiger partial charge in [0.1, 0.15) is 0 Å². The van der Waals surface area contributed by atoms with Crippen LogP contribution in [0, 0.1) is 0 Å². The summed E-state index contributed by atoms with van der Waals surface area (Å²) in [7, 11) is 0. The van der Waals surface area contributed by atoms with E-state index in [2.05, 4.69) is 0 Å². The van der Waals surface area contributed by atoms with Gasteiger partial charge < -0.3 is 5.48 Å². The van der Waals surface area contributed by atoms with Crippen LogP contribution in [-0.4, -0.2) is 65.7 Å². The Kier molecular flexibility index (Phi) is 203. The third-order valence-corrected chi connectivity index (χ3v) is 0. The van der Waals surface area contributed by atoms with E-state index in [0.717, 1.165) is 0 Å². The van der Waals surface area contributed by atoms with Gasteiger partial charge in [0.2, 0.25) is 0 Å². The van der Waals surface area contributed by atoms with Gasteiger partial charge in [-0.2, -0.15) is 0 Å². The second-order valence-electron chi connectivity index (χ2n) is 0. The predicted molar refractivity (Wildman–Crippen MR) is 29.0 cm³/mol. The Balaban J connectivity index is 0. The first-order valence-electron chi connectivity index (χ1n) is 0. The minimum atomic E-state index is 0. The van der Waals surface area contributed by atoms with E-state index in [1.54, 1.807) is 0 Å². The molecule has 22 valence electrons. The molecule has 1 nitrogen and oxygen atoms in total. The number of hydrogen-bond donors (Lipinski definition) is 0. The fourth-order valence-electron chi connectivity index (χ4n) is 0. The summed E-state index contributed by atoms with van der Waals surface area (Å²) in [6.45, 7) is 0. The molecule has 0 aromatic heterocycles. The first-order chi connectivity index (χ1) is 0. The molecule has 0 fully saturated rings. The van der Waals surface area contributed by atoms with Crippen LogP contribution in [0.3, 0.4) is 0 Å². The third kappa shape index (κ3) is 9.09. The van der Waals surface area contributed by atoms with Crippen LogP contribution in [0.1, 0.15) is 0 Å². The van der Waals surface area contributed by atoms with Gasteiger partial charge in [0.25, 0.3) is 0 Å². The zero-order chi connectivity index (χ0) is 0. The first kappa shape index (κ1) is 39.3. The molecule has 4 heteroatoms. The average molecular weight is 145 g/mol. The molecule has 0 spiro atoms. The quantitative estimate of drug-likeness (QED) is 0.330. The maximum Gasteiger partial charge on any atom is -0.870 e. The molecule has 0 unspecified atom stereocenters. The Morgan fingerprint density at radius 2 is 1.00 bits per heavy atom. The standard InChI is InChI=1S/Al.Ga.Mg.H2O.7H/h;;;1H2;;;;;;;/q;;+1;;;;;;;;/p-1. The zero-order valence-corrected chi connectivity index (χ0v) is 3.45. The van der Waals surface area contributed by atoms with E-state index >= 15 is 0 Å². The van der Waals surface area contributed by atoms with Crippen molar-refractivity contribution >= 4 is 60.2 Å². The van der Waals surface area contributed by atoms with E-state index in [0.29, 0.717) is 0 Å². The molecule has 0 aliphatic heterocycles. The zero-order valence-electron chi connectivity index (χ0n) is 1.45. The monoisotopic (exact) mass is 144 g/mol. The van der Waals surface area contributed by atoms with Crippen LogP contribution >= 0.6 is 0 Å². The van der Waals surface area contributed by atoms with Crippen molar-refractivity contribution in [1.29, 1.82) is 0 Å². The molecule has 0 bridgehead atoms. The maximum atomic E-state index is 0. The summed E-state index contributed by atoms with van der Waals surface area (Å²) >= 11 is 0. The minimum Gasteiger partial charge on any atom is -0.870 e. The van der Waals surface area contributed by atoms with Gasteiger partial charge in [-0.25, -0.2) is 0 Å². The SMILES string of the molecule is [AlH3].[GaH3].[MgH+].[OH-]. The molecule has 0 aliphatic carbocycles. The fourth-order valence-corrected chi connectivity index (χ4v) is 0. The van der Waals surface area contributed by atoms with Gasteiger partial charge in [-0.15, -0.1) is 0 Å². The van der Waals surface area contributed by atoms with Gasteiger partial charge in [0, 0.05) is 0 Å². The van der Waals surface area contributed by atoms with Crippen LogP contribution < -0.4 is 0 Å². The van der Waals surface area contributed by atoms with Crippen molar-refractivity contribution in [1.82, 2.24) is 0 Å². The van der Waals surface area contributed by atoms with Crippen LogP contribution in [0.4, 0.5) is 0 Å². The van der Waals surface area contributed by atoms with Gasteiger partial charge in [0.15, 0.2) is 17.4 Å². The van der Waals surface area contributed by atoms with E-state index in [1.165, 1.54) is 0 Å². The molecular weight excluding hydrogens is 137 g/mol. The van der Waals surface area contributed by atoms with E-state index in [-0.39, 0.29) is 65.7 Å². The Labute approximate surface area is 65.2 Å². The van der Waals surface area contributed by atoms with Crippen molar-refractivity contribution < 1.29 is 5.48 Å². The summed E-state index contributed by atoms with van der Waals surface area (Å²) in [5.41, 5.74) is 0. The average Bonchev–Trinajstić information content (AvgIpc) is 0. The maximum absolute atomic E-state index is 0. The van der Waals surface area contributed by atoms with E-state index in [9.17, 15) is 0 Å². The molecule has 0 aromatic rings. The van der Waals surface area contributed by atoms with E-state index < -0.39 is 0 Å². The molecule has 1 N–H and O–H groups in total. The van der Waals surface area contributed by atoms with Crippen LogP contribution in [-0.2, 0) is 0 Å². The summed E-state index contributed by atoms with van der Waals surface area (Å²) in [6.07, 6.45) is 0. The van der Waals surface area contributed by atoms with Crippen molar-refractivity contribution in [3.8, 4) is 0 Å². The summed E-state index contributed by atoms with van der Waals surface area (Å²) in [5.74, 6) is 0. The van der Waals surface area contributed by atoms with E-state index in [1.807, 2.05) is 0 Å². The smallest absolute Gasteiger partial charge is 0.870 e. The summed E-state index contributed by atoms with van der Waals surface area (Å²) < 4.78 is 0. The number of hydrogen-bond acceptors (Lipinski definition) is 1. The van der Waals surface area contributed by atoms with Gasteiger partial charge in [0.05, 0.1) is 0 Å². The van der Waals surface area contributed by atoms with Gasteiger partial charge in [-0.05, 0) is 0 Å². The van der Waals surface area contributed by atoms with Crippen LogP contribution in [0.15, 0.2) is 0 Å². The summed E-state index contributed by atoms with van der Waals surface area (Å²) in [4.78, 5) is 0. The van der Waals surface area contributed by atoms with Crippen LogP contribution in [0.2, 0.25) is 0 Å². The second-order valence-corrected chi connectivity index (χ2v) is 0. The summed E-state index contributed by atoms with van der Waals surface area (Å²) in [6, 6.07) is 0. The Hall–Kier alpha value is 1.90. The third-order valence-electron chi connectivity index (χ3n) is 0. The molecule has 0 rings (SSSR count). The van der Waals surface area contributed by atoms with Crippen molar-refractivity contribution in [3.63, 3.8) is 0 Å². The molecule has 0 radical (unpaired) electrons.